The number of aryl methyl sites for hydroxylation is 2. The minimum absolute atomic E-state index is 0.135. The van der Waals surface area contributed by atoms with E-state index in [1.807, 2.05) is 41.3 Å². The van der Waals surface area contributed by atoms with E-state index in [9.17, 15) is 9.59 Å². The van der Waals surface area contributed by atoms with Crippen molar-refractivity contribution in [2.24, 2.45) is 0 Å². The fourth-order valence-corrected chi connectivity index (χ4v) is 4.11. The number of rotatable bonds is 6. The maximum absolute atomic E-state index is 12.7. The lowest BCUT2D eigenvalue weighted by molar-refractivity contribution is -0.116. The second kappa shape index (κ2) is 8.24. The van der Waals surface area contributed by atoms with E-state index in [0.717, 1.165) is 42.0 Å². The fraction of sp³-hybridized carbons (Fsp3) is 0.333. The van der Waals surface area contributed by atoms with E-state index in [4.69, 9.17) is 5.10 Å². The van der Waals surface area contributed by atoms with Crippen LogP contribution < -0.4 is 10.9 Å². The van der Waals surface area contributed by atoms with Crippen LogP contribution in [0.15, 0.2) is 40.3 Å². The Bertz CT molecular complexity index is 1100. The normalized spacial score (nSPS) is 12.8. The van der Waals surface area contributed by atoms with Gasteiger partial charge in [0.1, 0.15) is 5.82 Å². The Morgan fingerprint density at radius 1 is 1.28 bits per heavy atom. The van der Waals surface area contributed by atoms with E-state index in [2.05, 4.69) is 15.3 Å². The highest BCUT2D eigenvalue weighted by molar-refractivity contribution is 7.98. The first kappa shape index (κ1) is 19.4. The average Bonchev–Trinajstić information content (AvgIpc) is 3.30. The lowest BCUT2D eigenvalue weighted by atomic mass is 10.1. The summed E-state index contributed by atoms with van der Waals surface area (Å²) in [5.74, 6) is 0.611. The van der Waals surface area contributed by atoms with Crippen molar-refractivity contribution in [3.63, 3.8) is 0 Å². The van der Waals surface area contributed by atoms with E-state index >= 15 is 0 Å². The Morgan fingerprint density at radius 2 is 2.07 bits per heavy atom. The van der Waals surface area contributed by atoms with Crippen LogP contribution in [0, 0.1) is 6.92 Å². The first-order chi connectivity index (χ1) is 14.1. The summed E-state index contributed by atoms with van der Waals surface area (Å²) in [5, 5.41) is 8.35. The van der Waals surface area contributed by atoms with Crippen LogP contribution in [-0.4, -0.2) is 31.9 Å². The first-order valence-electron chi connectivity index (χ1n) is 9.66. The fourth-order valence-electron chi connectivity index (χ4n) is 3.69. The Balaban J connectivity index is 1.53. The van der Waals surface area contributed by atoms with E-state index in [1.165, 1.54) is 11.8 Å². The van der Waals surface area contributed by atoms with Crippen molar-refractivity contribution in [3.05, 3.63) is 63.2 Å². The number of thioether (sulfide) groups is 1. The minimum Gasteiger partial charge on any atom is -0.310 e. The van der Waals surface area contributed by atoms with Gasteiger partial charge in [0.2, 0.25) is 5.91 Å². The van der Waals surface area contributed by atoms with Gasteiger partial charge in [-0.3, -0.25) is 9.59 Å². The maximum atomic E-state index is 12.7. The summed E-state index contributed by atoms with van der Waals surface area (Å²) < 4.78 is 1.81. The molecule has 29 heavy (non-hydrogen) atoms. The van der Waals surface area contributed by atoms with Gasteiger partial charge in [-0.2, -0.15) is 5.10 Å². The lowest BCUT2D eigenvalue weighted by Gasteiger charge is -2.11. The van der Waals surface area contributed by atoms with Crippen LogP contribution >= 0.6 is 11.8 Å². The number of anilines is 1. The predicted molar refractivity (Wildman–Crippen MR) is 114 cm³/mol. The molecule has 2 heterocycles. The Labute approximate surface area is 173 Å². The Morgan fingerprint density at radius 3 is 2.79 bits per heavy atom. The summed E-state index contributed by atoms with van der Waals surface area (Å²) in [5.41, 5.74) is 4.13. The molecule has 2 aromatic heterocycles. The molecule has 0 spiro atoms. The van der Waals surface area contributed by atoms with E-state index in [1.54, 1.807) is 6.92 Å². The van der Waals surface area contributed by atoms with Gasteiger partial charge >= 0.3 is 0 Å². The Kier molecular flexibility index (Phi) is 5.53. The van der Waals surface area contributed by atoms with Gasteiger partial charge in [0, 0.05) is 23.2 Å². The van der Waals surface area contributed by atoms with Crippen LogP contribution in [0.1, 0.15) is 35.4 Å². The highest BCUT2D eigenvalue weighted by Crippen LogP contribution is 2.31. The molecule has 0 bridgehead atoms. The van der Waals surface area contributed by atoms with Crippen LogP contribution in [0.4, 0.5) is 5.82 Å². The molecule has 1 amide bonds. The summed E-state index contributed by atoms with van der Waals surface area (Å²) in [6, 6.07) is 9.80. The number of hydrogen-bond acceptors (Lipinski definition) is 5. The molecule has 0 saturated heterocycles. The minimum atomic E-state index is -0.176. The zero-order valence-electron chi connectivity index (χ0n) is 16.5. The van der Waals surface area contributed by atoms with Gasteiger partial charge in [-0.25, -0.2) is 9.67 Å². The molecule has 2 N–H and O–H groups in total. The quantitative estimate of drug-likeness (QED) is 0.482. The second-order valence-corrected chi connectivity index (χ2v) is 7.86. The number of nitrogens with zero attached hydrogens (tertiary/aromatic N) is 3. The molecule has 0 fully saturated rings. The van der Waals surface area contributed by atoms with Crippen LogP contribution in [0.2, 0.25) is 0 Å². The number of H-pyrrole nitrogens is 1. The summed E-state index contributed by atoms with van der Waals surface area (Å²) in [7, 11) is 0. The third-order valence-corrected chi connectivity index (χ3v) is 5.74. The SMILES string of the molecule is CSc1nc(C)c(CCC(=O)Nc2c3c(nn2-c2ccccc2)CCC3)c(=O)[nH]1. The molecular weight excluding hydrogens is 386 g/mol. The molecule has 1 aliphatic rings. The van der Waals surface area contributed by atoms with E-state index in [0.29, 0.717) is 22.8 Å². The third kappa shape index (κ3) is 3.98. The monoisotopic (exact) mass is 409 g/mol. The molecule has 1 aromatic carbocycles. The number of para-hydroxylation sites is 1. The summed E-state index contributed by atoms with van der Waals surface area (Å²) >= 11 is 1.39. The number of benzene rings is 1. The molecule has 0 unspecified atom stereocenters. The number of fused-ring (bicyclic) bond motifs is 1. The molecule has 3 aromatic rings. The molecule has 7 nitrogen and oxygen atoms in total. The standard InChI is InChI=1S/C21H23N5O2S/c1-13-15(20(28)24-21(22-13)29-2)11-12-18(27)23-19-16-9-6-10-17(16)25-26(19)14-7-4-3-5-8-14/h3-5,7-8H,6,9-12H2,1-2H3,(H,23,27)(H,22,24,28). The number of carbonyl (C=O) groups excluding carboxylic acids is 1. The number of aromatic amines is 1. The molecule has 0 aliphatic heterocycles. The highest BCUT2D eigenvalue weighted by Gasteiger charge is 2.24. The topological polar surface area (TPSA) is 92.7 Å². The number of nitrogens with one attached hydrogen (secondary N) is 2. The zero-order valence-corrected chi connectivity index (χ0v) is 17.3. The molecular formula is C21H23N5O2S. The Hall–Kier alpha value is -2.87. The van der Waals surface area contributed by atoms with Gasteiger partial charge in [-0.05, 0) is 51.0 Å². The van der Waals surface area contributed by atoms with Gasteiger partial charge < -0.3 is 10.3 Å². The maximum Gasteiger partial charge on any atom is 0.254 e. The summed E-state index contributed by atoms with van der Waals surface area (Å²) in [6.45, 7) is 1.81. The van der Waals surface area contributed by atoms with E-state index < -0.39 is 0 Å². The lowest BCUT2D eigenvalue weighted by Crippen LogP contribution is -2.21. The van der Waals surface area contributed by atoms with Crippen LogP contribution in [0.25, 0.3) is 5.69 Å². The van der Waals surface area contributed by atoms with Crippen molar-refractivity contribution in [3.8, 4) is 5.69 Å². The first-order valence-corrected chi connectivity index (χ1v) is 10.9. The largest absolute Gasteiger partial charge is 0.310 e. The third-order valence-electron chi connectivity index (χ3n) is 5.16. The van der Waals surface area contributed by atoms with Gasteiger partial charge in [-0.1, -0.05) is 30.0 Å². The summed E-state index contributed by atoms with van der Waals surface area (Å²) in [4.78, 5) is 32.1. The molecule has 150 valence electrons. The van der Waals surface area contributed by atoms with Gasteiger partial charge in [0.25, 0.3) is 5.56 Å². The smallest absolute Gasteiger partial charge is 0.254 e. The molecule has 0 saturated carbocycles. The zero-order chi connectivity index (χ0) is 20.4. The number of aromatic nitrogens is 4. The van der Waals surface area contributed by atoms with Crippen molar-refractivity contribution >= 4 is 23.5 Å². The number of amides is 1. The summed E-state index contributed by atoms with van der Waals surface area (Å²) in [6.07, 6.45) is 5.31. The van der Waals surface area contributed by atoms with Crippen molar-refractivity contribution in [1.29, 1.82) is 0 Å². The van der Waals surface area contributed by atoms with Crippen LogP contribution in [-0.2, 0) is 24.1 Å². The van der Waals surface area contributed by atoms with E-state index in [-0.39, 0.29) is 17.9 Å². The predicted octanol–water partition coefficient (Wildman–Crippen LogP) is 3.05. The highest BCUT2D eigenvalue weighted by atomic mass is 32.2. The van der Waals surface area contributed by atoms with Gasteiger partial charge in [0.05, 0.1) is 11.4 Å². The van der Waals surface area contributed by atoms with Crippen LogP contribution in [0.3, 0.4) is 0 Å². The van der Waals surface area contributed by atoms with Crippen molar-refractivity contribution in [2.75, 3.05) is 11.6 Å². The van der Waals surface area contributed by atoms with Crippen molar-refractivity contribution in [2.45, 2.75) is 44.2 Å². The second-order valence-electron chi connectivity index (χ2n) is 7.06. The molecule has 0 atom stereocenters. The molecule has 1 aliphatic carbocycles. The van der Waals surface area contributed by atoms with Crippen molar-refractivity contribution < 1.29 is 4.79 Å². The number of carbonyl (C=O) groups is 1. The van der Waals surface area contributed by atoms with Crippen LogP contribution in [0.5, 0.6) is 0 Å². The molecule has 0 radical (unpaired) electrons. The van der Waals surface area contributed by atoms with Gasteiger partial charge in [0.15, 0.2) is 5.16 Å². The van der Waals surface area contributed by atoms with Crippen molar-refractivity contribution in [1.82, 2.24) is 19.7 Å². The molecule has 4 rings (SSSR count). The average molecular weight is 410 g/mol. The van der Waals surface area contributed by atoms with Gasteiger partial charge in [-0.15, -0.1) is 0 Å². The number of hydrogen-bond donors (Lipinski definition) is 2. The molecule has 8 heteroatoms.